The second kappa shape index (κ2) is 4.93. The molecule has 0 saturated heterocycles. The Labute approximate surface area is 99.2 Å². The molecule has 0 bridgehead atoms. The predicted octanol–water partition coefficient (Wildman–Crippen LogP) is 2.48. The highest BCUT2D eigenvalue weighted by Gasteiger charge is 2.05. The molecule has 1 N–H and O–H groups in total. The molecule has 1 aromatic heterocycles. The van der Waals surface area contributed by atoms with E-state index in [0.717, 1.165) is 17.1 Å². The molecule has 1 heterocycles. The van der Waals surface area contributed by atoms with Crippen LogP contribution in [0.1, 0.15) is 5.56 Å². The van der Waals surface area contributed by atoms with Crippen LogP contribution in [0.5, 0.6) is 0 Å². The first-order chi connectivity index (χ1) is 8.20. The summed E-state index contributed by atoms with van der Waals surface area (Å²) < 4.78 is 12.8. The van der Waals surface area contributed by atoms with Crippen molar-refractivity contribution in [1.29, 1.82) is 0 Å². The first kappa shape index (κ1) is 11.5. The average molecular weight is 232 g/mol. The van der Waals surface area contributed by atoms with Gasteiger partial charge < -0.3 is 10.0 Å². The third-order valence-corrected chi connectivity index (χ3v) is 2.55. The maximum atomic E-state index is 12.8. The molecule has 1 aromatic carbocycles. The lowest BCUT2D eigenvalue weighted by Gasteiger charge is -2.18. The Morgan fingerprint density at radius 1 is 1.18 bits per heavy atom. The smallest absolute Gasteiger partial charge is 0.132 e. The summed E-state index contributed by atoms with van der Waals surface area (Å²) in [4.78, 5) is 6.07. The molecule has 4 heteroatoms. The second-order valence-electron chi connectivity index (χ2n) is 3.72. The minimum absolute atomic E-state index is 0.0203. The monoisotopic (exact) mass is 232 g/mol. The number of nitrogens with zero attached hydrogens (tertiary/aromatic N) is 2. The van der Waals surface area contributed by atoms with Gasteiger partial charge in [0, 0.05) is 18.9 Å². The third-order valence-electron chi connectivity index (χ3n) is 2.55. The number of hydrogen-bond donors (Lipinski definition) is 1. The Kier molecular flexibility index (Phi) is 3.35. The van der Waals surface area contributed by atoms with Gasteiger partial charge in [-0.25, -0.2) is 9.37 Å². The molecule has 2 rings (SSSR count). The zero-order valence-corrected chi connectivity index (χ0v) is 9.47. The molecule has 0 amide bonds. The fraction of sp³-hybridized carbons (Fsp3) is 0.154. The van der Waals surface area contributed by atoms with Gasteiger partial charge in [0.1, 0.15) is 11.6 Å². The van der Waals surface area contributed by atoms with Crippen molar-refractivity contribution in [3.05, 3.63) is 54.0 Å². The van der Waals surface area contributed by atoms with Crippen molar-refractivity contribution in [2.45, 2.75) is 6.61 Å². The van der Waals surface area contributed by atoms with Crippen LogP contribution >= 0.6 is 0 Å². The topological polar surface area (TPSA) is 36.4 Å². The van der Waals surface area contributed by atoms with Crippen LogP contribution in [0, 0.1) is 5.82 Å². The fourth-order valence-electron chi connectivity index (χ4n) is 1.51. The van der Waals surface area contributed by atoms with Gasteiger partial charge in [-0.05, 0) is 35.9 Å². The number of halogens is 1. The van der Waals surface area contributed by atoms with E-state index in [4.69, 9.17) is 5.11 Å². The first-order valence-electron chi connectivity index (χ1n) is 5.26. The number of anilines is 2. The van der Waals surface area contributed by atoms with Crippen LogP contribution < -0.4 is 4.90 Å². The lowest BCUT2D eigenvalue weighted by Crippen LogP contribution is -2.11. The van der Waals surface area contributed by atoms with E-state index in [1.54, 1.807) is 18.3 Å². The molecule has 0 fully saturated rings. The van der Waals surface area contributed by atoms with Gasteiger partial charge in [-0.1, -0.05) is 6.07 Å². The molecule has 0 spiro atoms. The van der Waals surface area contributed by atoms with Crippen molar-refractivity contribution < 1.29 is 9.50 Å². The Morgan fingerprint density at radius 3 is 2.41 bits per heavy atom. The minimum Gasteiger partial charge on any atom is -0.392 e. The molecule has 3 nitrogen and oxygen atoms in total. The largest absolute Gasteiger partial charge is 0.392 e. The maximum Gasteiger partial charge on any atom is 0.132 e. The molecular weight excluding hydrogens is 219 g/mol. The van der Waals surface area contributed by atoms with Gasteiger partial charge in [0.2, 0.25) is 0 Å². The molecule has 0 atom stereocenters. The zero-order valence-electron chi connectivity index (χ0n) is 9.47. The van der Waals surface area contributed by atoms with E-state index in [1.165, 1.54) is 12.1 Å². The van der Waals surface area contributed by atoms with E-state index in [2.05, 4.69) is 4.98 Å². The quantitative estimate of drug-likeness (QED) is 0.883. The number of rotatable bonds is 3. The van der Waals surface area contributed by atoms with E-state index in [9.17, 15) is 4.39 Å². The van der Waals surface area contributed by atoms with E-state index in [1.807, 2.05) is 24.1 Å². The Bertz CT molecular complexity index is 482. The van der Waals surface area contributed by atoms with Gasteiger partial charge in [0.15, 0.2) is 0 Å². The van der Waals surface area contributed by atoms with Crippen LogP contribution in [0.3, 0.4) is 0 Å². The van der Waals surface area contributed by atoms with E-state index in [-0.39, 0.29) is 12.4 Å². The third kappa shape index (κ3) is 2.60. The summed E-state index contributed by atoms with van der Waals surface area (Å²) >= 11 is 0. The van der Waals surface area contributed by atoms with Crippen molar-refractivity contribution in [3.8, 4) is 0 Å². The highest BCUT2D eigenvalue weighted by Crippen LogP contribution is 2.21. The van der Waals surface area contributed by atoms with Crippen molar-refractivity contribution in [2.24, 2.45) is 0 Å². The lowest BCUT2D eigenvalue weighted by atomic mass is 10.2. The molecule has 0 aliphatic heterocycles. The molecule has 88 valence electrons. The molecular formula is C13H13FN2O. The molecule has 0 radical (unpaired) electrons. The molecule has 0 aliphatic carbocycles. The zero-order chi connectivity index (χ0) is 12.3. The summed E-state index contributed by atoms with van der Waals surface area (Å²) in [6.45, 7) is -0.0203. The van der Waals surface area contributed by atoms with Crippen molar-refractivity contribution in [3.63, 3.8) is 0 Å². The van der Waals surface area contributed by atoms with Crippen LogP contribution in [0.2, 0.25) is 0 Å². The molecule has 17 heavy (non-hydrogen) atoms. The molecule has 0 saturated carbocycles. The summed E-state index contributed by atoms with van der Waals surface area (Å²) in [7, 11) is 1.86. The average Bonchev–Trinajstić information content (AvgIpc) is 2.39. The Morgan fingerprint density at radius 2 is 1.88 bits per heavy atom. The highest BCUT2D eigenvalue weighted by molar-refractivity contribution is 5.58. The second-order valence-corrected chi connectivity index (χ2v) is 3.72. The first-order valence-corrected chi connectivity index (χ1v) is 5.26. The van der Waals surface area contributed by atoms with Gasteiger partial charge in [0.25, 0.3) is 0 Å². The Hall–Kier alpha value is -1.94. The summed E-state index contributed by atoms with van der Waals surface area (Å²) in [6, 6.07) is 9.83. The molecule has 0 aliphatic rings. The Balaban J connectivity index is 2.23. The van der Waals surface area contributed by atoms with Crippen LogP contribution in [-0.4, -0.2) is 17.1 Å². The standard InChI is InChI=1S/C13H13FN2O/c1-16(12-5-3-11(14)4-6-12)13-7-2-10(9-17)8-15-13/h2-8,17H,9H2,1H3. The predicted molar refractivity (Wildman–Crippen MR) is 64.6 cm³/mol. The number of hydrogen-bond acceptors (Lipinski definition) is 3. The van der Waals surface area contributed by atoms with Crippen LogP contribution in [-0.2, 0) is 6.61 Å². The number of pyridine rings is 1. The maximum absolute atomic E-state index is 12.8. The summed E-state index contributed by atoms with van der Waals surface area (Å²) in [5.74, 6) is 0.486. The van der Waals surface area contributed by atoms with Gasteiger partial charge in [0.05, 0.1) is 6.61 Å². The number of benzene rings is 1. The van der Waals surface area contributed by atoms with Gasteiger partial charge in [-0.3, -0.25) is 0 Å². The summed E-state index contributed by atoms with van der Waals surface area (Å²) in [6.07, 6.45) is 1.62. The van der Waals surface area contributed by atoms with Crippen LogP contribution in [0.15, 0.2) is 42.6 Å². The lowest BCUT2D eigenvalue weighted by molar-refractivity contribution is 0.281. The minimum atomic E-state index is -0.259. The number of aromatic nitrogens is 1. The van der Waals surface area contributed by atoms with E-state index in [0.29, 0.717) is 0 Å². The normalized spacial score (nSPS) is 10.3. The highest BCUT2D eigenvalue weighted by atomic mass is 19.1. The van der Waals surface area contributed by atoms with E-state index >= 15 is 0 Å². The van der Waals surface area contributed by atoms with Crippen LogP contribution in [0.25, 0.3) is 0 Å². The van der Waals surface area contributed by atoms with Crippen molar-refractivity contribution in [1.82, 2.24) is 4.98 Å². The summed E-state index contributed by atoms with van der Waals surface area (Å²) in [5, 5.41) is 8.92. The van der Waals surface area contributed by atoms with Crippen molar-refractivity contribution >= 4 is 11.5 Å². The van der Waals surface area contributed by atoms with Crippen molar-refractivity contribution in [2.75, 3.05) is 11.9 Å². The summed E-state index contributed by atoms with van der Waals surface area (Å²) in [5.41, 5.74) is 1.62. The molecule has 0 unspecified atom stereocenters. The van der Waals surface area contributed by atoms with Gasteiger partial charge in [-0.2, -0.15) is 0 Å². The SMILES string of the molecule is CN(c1ccc(F)cc1)c1ccc(CO)cn1. The number of aliphatic hydroxyl groups excluding tert-OH is 1. The van der Waals surface area contributed by atoms with Gasteiger partial charge in [-0.15, -0.1) is 0 Å². The van der Waals surface area contributed by atoms with Crippen LogP contribution in [0.4, 0.5) is 15.9 Å². The van der Waals surface area contributed by atoms with E-state index < -0.39 is 0 Å². The fourth-order valence-corrected chi connectivity index (χ4v) is 1.51. The van der Waals surface area contributed by atoms with Gasteiger partial charge >= 0.3 is 0 Å². The molecule has 2 aromatic rings. The number of aliphatic hydroxyl groups is 1.